The molecule has 0 aromatic heterocycles. The van der Waals surface area contributed by atoms with Crippen molar-refractivity contribution < 1.29 is 5.11 Å². The van der Waals surface area contributed by atoms with Gasteiger partial charge in [-0.15, -0.1) is 0 Å². The summed E-state index contributed by atoms with van der Waals surface area (Å²) in [5.74, 6) is 0. The van der Waals surface area contributed by atoms with E-state index >= 15 is 0 Å². The Labute approximate surface area is 131 Å². The molecule has 0 radical (unpaired) electrons. The highest BCUT2D eigenvalue weighted by Gasteiger charge is 2.16. The largest absolute Gasteiger partial charge is 0.393 e. The quantitative estimate of drug-likeness (QED) is 0.945. The molecule has 1 aliphatic heterocycles. The van der Waals surface area contributed by atoms with Crippen molar-refractivity contribution in [3.63, 3.8) is 0 Å². The van der Waals surface area contributed by atoms with E-state index in [0.717, 1.165) is 43.6 Å². The Morgan fingerprint density at radius 1 is 1.05 bits per heavy atom. The lowest BCUT2D eigenvalue weighted by molar-refractivity contribution is 0.0792. The van der Waals surface area contributed by atoms with Crippen molar-refractivity contribution >= 4 is 0 Å². The standard InChI is InChI=1S/C19H20N2O/c20-13-17-3-1-2-4-19(17)16-7-5-15(6-8-16)14-21-11-9-18(22)10-12-21/h1-8,18,22H,9-12,14H2. The maximum atomic E-state index is 9.55. The number of aliphatic hydroxyl groups excluding tert-OH is 1. The number of benzene rings is 2. The van der Waals surface area contributed by atoms with Crippen molar-refractivity contribution in [2.24, 2.45) is 0 Å². The summed E-state index contributed by atoms with van der Waals surface area (Å²) >= 11 is 0. The molecule has 22 heavy (non-hydrogen) atoms. The zero-order chi connectivity index (χ0) is 15.4. The Morgan fingerprint density at radius 2 is 1.73 bits per heavy atom. The molecule has 112 valence electrons. The van der Waals surface area contributed by atoms with E-state index in [1.165, 1.54) is 5.56 Å². The van der Waals surface area contributed by atoms with Crippen molar-refractivity contribution in [1.82, 2.24) is 4.90 Å². The van der Waals surface area contributed by atoms with Crippen LogP contribution in [0.25, 0.3) is 11.1 Å². The predicted molar refractivity (Wildman–Crippen MR) is 87.1 cm³/mol. The first-order valence-corrected chi connectivity index (χ1v) is 7.75. The van der Waals surface area contributed by atoms with Gasteiger partial charge in [-0.3, -0.25) is 4.90 Å². The van der Waals surface area contributed by atoms with Crippen LogP contribution >= 0.6 is 0 Å². The highest BCUT2D eigenvalue weighted by atomic mass is 16.3. The highest BCUT2D eigenvalue weighted by molar-refractivity contribution is 5.70. The van der Waals surface area contributed by atoms with Gasteiger partial charge in [0.15, 0.2) is 0 Å². The van der Waals surface area contributed by atoms with Gasteiger partial charge >= 0.3 is 0 Å². The molecule has 3 rings (SSSR count). The van der Waals surface area contributed by atoms with E-state index in [4.69, 9.17) is 0 Å². The molecular weight excluding hydrogens is 272 g/mol. The molecule has 0 saturated carbocycles. The van der Waals surface area contributed by atoms with Gasteiger partial charge in [-0.25, -0.2) is 0 Å². The van der Waals surface area contributed by atoms with Crippen molar-refractivity contribution in [3.05, 3.63) is 59.7 Å². The zero-order valence-corrected chi connectivity index (χ0v) is 12.6. The molecule has 2 aromatic rings. The van der Waals surface area contributed by atoms with Gasteiger partial charge in [-0.05, 0) is 35.6 Å². The van der Waals surface area contributed by atoms with Crippen LogP contribution in [-0.2, 0) is 6.54 Å². The van der Waals surface area contributed by atoms with Crippen LogP contribution in [0.2, 0.25) is 0 Å². The lowest BCUT2D eigenvalue weighted by Crippen LogP contribution is -2.35. The number of piperidine rings is 1. The molecule has 1 N–H and O–H groups in total. The molecule has 0 bridgehead atoms. The molecule has 3 nitrogen and oxygen atoms in total. The summed E-state index contributed by atoms with van der Waals surface area (Å²) < 4.78 is 0. The Kier molecular flexibility index (Phi) is 4.53. The minimum Gasteiger partial charge on any atom is -0.393 e. The number of nitrogens with zero attached hydrogens (tertiary/aromatic N) is 2. The Bertz CT molecular complexity index is 665. The molecule has 0 aliphatic carbocycles. The first kappa shape index (κ1) is 14.8. The van der Waals surface area contributed by atoms with Gasteiger partial charge in [-0.1, -0.05) is 42.5 Å². The molecule has 1 aliphatic rings. The van der Waals surface area contributed by atoms with Gasteiger partial charge in [0.1, 0.15) is 0 Å². The maximum Gasteiger partial charge on any atom is 0.0998 e. The van der Waals surface area contributed by atoms with Crippen LogP contribution in [0.15, 0.2) is 48.5 Å². The third-order valence-electron chi connectivity index (χ3n) is 4.28. The third-order valence-corrected chi connectivity index (χ3v) is 4.28. The van der Waals surface area contributed by atoms with Gasteiger partial charge in [-0.2, -0.15) is 5.26 Å². The second-order valence-corrected chi connectivity index (χ2v) is 5.86. The van der Waals surface area contributed by atoms with Crippen molar-refractivity contribution in [2.75, 3.05) is 13.1 Å². The first-order chi connectivity index (χ1) is 10.8. The lowest BCUT2D eigenvalue weighted by atomic mass is 9.99. The number of likely N-dealkylation sites (tertiary alicyclic amines) is 1. The van der Waals surface area contributed by atoms with Gasteiger partial charge < -0.3 is 5.11 Å². The average molecular weight is 292 g/mol. The Morgan fingerprint density at radius 3 is 2.41 bits per heavy atom. The summed E-state index contributed by atoms with van der Waals surface area (Å²) in [6.45, 7) is 2.84. The van der Waals surface area contributed by atoms with Crippen LogP contribution in [0, 0.1) is 11.3 Å². The van der Waals surface area contributed by atoms with Gasteiger partial charge in [0.2, 0.25) is 0 Å². The van der Waals surface area contributed by atoms with Crippen LogP contribution in [0.3, 0.4) is 0 Å². The smallest absolute Gasteiger partial charge is 0.0998 e. The number of nitriles is 1. The van der Waals surface area contributed by atoms with Crippen molar-refractivity contribution in [1.29, 1.82) is 5.26 Å². The fourth-order valence-electron chi connectivity index (χ4n) is 2.96. The van der Waals surface area contributed by atoms with Gasteiger partial charge in [0.05, 0.1) is 17.7 Å². The van der Waals surface area contributed by atoms with Crippen molar-refractivity contribution in [3.8, 4) is 17.2 Å². The van der Waals surface area contributed by atoms with Crippen LogP contribution < -0.4 is 0 Å². The van der Waals surface area contributed by atoms with Crippen LogP contribution in [0.1, 0.15) is 24.0 Å². The van der Waals surface area contributed by atoms with Crippen LogP contribution in [-0.4, -0.2) is 29.2 Å². The summed E-state index contributed by atoms with van der Waals surface area (Å²) in [6.07, 6.45) is 1.61. The van der Waals surface area contributed by atoms with E-state index in [1.54, 1.807) is 0 Å². The topological polar surface area (TPSA) is 47.3 Å². The van der Waals surface area contributed by atoms with E-state index < -0.39 is 0 Å². The average Bonchev–Trinajstić information content (AvgIpc) is 2.58. The minimum atomic E-state index is -0.124. The van der Waals surface area contributed by atoms with Crippen molar-refractivity contribution in [2.45, 2.75) is 25.5 Å². The van der Waals surface area contributed by atoms with E-state index in [9.17, 15) is 10.4 Å². The van der Waals surface area contributed by atoms with E-state index in [2.05, 4.69) is 35.2 Å². The summed E-state index contributed by atoms with van der Waals surface area (Å²) in [5, 5.41) is 18.7. The number of rotatable bonds is 3. The zero-order valence-electron chi connectivity index (χ0n) is 12.6. The minimum absolute atomic E-state index is 0.124. The summed E-state index contributed by atoms with van der Waals surface area (Å²) in [5.41, 5.74) is 4.04. The Balaban J connectivity index is 1.72. The normalized spacial score (nSPS) is 16.4. The molecule has 1 saturated heterocycles. The predicted octanol–water partition coefficient (Wildman–Crippen LogP) is 3.18. The third kappa shape index (κ3) is 3.36. The first-order valence-electron chi connectivity index (χ1n) is 7.75. The second-order valence-electron chi connectivity index (χ2n) is 5.86. The van der Waals surface area contributed by atoms with E-state index in [0.29, 0.717) is 5.56 Å². The fourth-order valence-corrected chi connectivity index (χ4v) is 2.96. The summed E-state index contributed by atoms with van der Waals surface area (Å²) in [7, 11) is 0. The van der Waals surface area contributed by atoms with Crippen LogP contribution in [0.4, 0.5) is 0 Å². The Hall–Kier alpha value is -2.15. The maximum absolute atomic E-state index is 9.55. The van der Waals surface area contributed by atoms with Gasteiger partial charge in [0, 0.05) is 19.6 Å². The molecule has 0 unspecified atom stereocenters. The molecular formula is C19H20N2O. The summed E-state index contributed by atoms with van der Waals surface area (Å²) in [6, 6.07) is 18.4. The summed E-state index contributed by atoms with van der Waals surface area (Å²) in [4.78, 5) is 2.38. The monoisotopic (exact) mass is 292 g/mol. The van der Waals surface area contributed by atoms with Crippen LogP contribution in [0.5, 0.6) is 0 Å². The molecule has 3 heteroatoms. The SMILES string of the molecule is N#Cc1ccccc1-c1ccc(CN2CCC(O)CC2)cc1. The van der Waals surface area contributed by atoms with Gasteiger partial charge in [0.25, 0.3) is 0 Å². The molecule has 0 atom stereocenters. The lowest BCUT2D eigenvalue weighted by Gasteiger charge is -2.29. The second kappa shape index (κ2) is 6.74. The number of hydrogen-bond donors (Lipinski definition) is 1. The molecule has 0 spiro atoms. The molecule has 2 aromatic carbocycles. The van der Waals surface area contributed by atoms with E-state index in [1.807, 2.05) is 24.3 Å². The fraction of sp³-hybridized carbons (Fsp3) is 0.316. The molecule has 1 heterocycles. The number of aliphatic hydroxyl groups is 1. The highest BCUT2D eigenvalue weighted by Crippen LogP contribution is 2.24. The van der Waals surface area contributed by atoms with E-state index in [-0.39, 0.29) is 6.10 Å². The molecule has 0 amide bonds. The molecule has 1 fully saturated rings. The number of hydrogen-bond acceptors (Lipinski definition) is 3.